The molecule has 7 nitrogen and oxygen atoms in total. The summed E-state index contributed by atoms with van der Waals surface area (Å²) in [6.07, 6.45) is 3.81. The van der Waals surface area contributed by atoms with Gasteiger partial charge in [0.15, 0.2) is 0 Å². The highest BCUT2D eigenvalue weighted by Gasteiger charge is 2.12. The van der Waals surface area contributed by atoms with E-state index in [0.29, 0.717) is 12.0 Å². The average Bonchev–Trinajstić information content (AvgIpc) is 2.70. The summed E-state index contributed by atoms with van der Waals surface area (Å²) in [6, 6.07) is 15.7. The predicted molar refractivity (Wildman–Crippen MR) is 101 cm³/mol. The third-order valence-electron chi connectivity index (χ3n) is 3.66. The highest BCUT2D eigenvalue weighted by atomic mass is 16.4. The maximum Gasteiger partial charge on any atom is 0.335 e. The molecule has 0 aliphatic rings. The molecule has 3 rings (SSSR count). The average molecular weight is 379 g/mol. The van der Waals surface area contributed by atoms with Gasteiger partial charge in [-0.3, -0.25) is 4.98 Å². The Morgan fingerprint density at radius 1 is 0.643 bits per heavy atom. The van der Waals surface area contributed by atoms with Gasteiger partial charge in [0.05, 0.1) is 16.7 Å². The Kier molecular flexibility index (Phi) is 6.99. The molecule has 1 heterocycles. The summed E-state index contributed by atoms with van der Waals surface area (Å²) in [4.78, 5) is 36.6. The van der Waals surface area contributed by atoms with Crippen LogP contribution in [-0.4, -0.2) is 38.2 Å². The van der Waals surface area contributed by atoms with Crippen LogP contribution in [0.3, 0.4) is 0 Å². The van der Waals surface area contributed by atoms with Gasteiger partial charge in [0.2, 0.25) is 0 Å². The van der Waals surface area contributed by atoms with E-state index >= 15 is 0 Å². The van der Waals surface area contributed by atoms with Gasteiger partial charge in [0.25, 0.3) is 0 Å². The minimum Gasteiger partial charge on any atom is -0.478 e. The van der Waals surface area contributed by atoms with Crippen LogP contribution in [0.4, 0.5) is 0 Å². The van der Waals surface area contributed by atoms with Gasteiger partial charge >= 0.3 is 17.9 Å². The van der Waals surface area contributed by atoms with Gasteiger partial charge in [-0.25, -0.2) is 14.4 Å². The van der Waals surface area contributed by atoms with E-state index in [9.17, 15) is 14.4 Å². The number of rotatable bonds is 5. The quantitative estimate of drug-likeness (QED) is 0.620. The maximum atomic E-state index is 11.0. The second-order valence-electron chi connectivity index (χ2n) is 5.73. The van der Waals surface area contributed by atoms with Crippen molar-refractivity contribution in [3.63, 3.8) is 0 Å². The van der Waals surface area contributed by atoms with Gasteiger partial charge in [-0.1, -0.05) is 18.2 Å². The molecule has 1 aromatic heterocycles. The van der Waals surface area contributed by atoms with Crippen LogP contribution >= 0.6 is 0 Å². The second-order valence-corrected chi connectivity index (χ2v) is 5.73. The molecule has 2 aromatic carbocycles. The molecule has 28 heavy (non-hydrogen) atoms. The zero-order valence-corrected chi connectivity index (χ0v) is 14.6. The second kappa shape index (κ2) is 9.63. The normalized spacial score (nSPS) is 9.71. The molecule has 0 bridgehead atoms. The van der Waals surface area contributed by atoms with Crippen LogP contribution < -0.4 is 0 Å². The Hall–Kier alpha value is -4.00. The highest BCUT2D eigenvalue weighted by molar-refractivity contribution is 5.94. The van der Waals surface area contributed by atoms with Crippen LogP contribution in [0.5, 0.6) is 0 Å². The van der Waals surface area contributed by atoms with Gasteiger partial charge in [0, 0.05) is 12.4 Å². The summed E-state index contributed by atoms with van der Waals surface area (Å²) in [6.45, 7) is 0. The fourth-order valence-corrected chi connectivity index (χ4v) is 2.35. The van der Waals surface area contributed by atoms with Crippen molar-refractivity contribution < 1.29 is 29.7 Å². The molecular weight excluding hydrogens is 362 g/mol. The Bertz CT molecular complexity index is 909. The van der Waals surface area contributed by atoms with Gasteiger partial charge in [-0.15, -0.1) is 0 Å². The van der Waals surface area contributed by atoms with Gasteiger partial charge in [-0.2, -0.15) is 0 Å². The molecule has 0 saturated heterocycles. The first kappa shape index (κ1) is 20.3. The molecule has 0 saturated carbocycles. The van der Waals surface area contributed by atoms with E-state index in [0.717, 1.165) is 11.6 Å². The van der Waals surface area contributed by atoms with Crippen LogP contribution in [0, 0.1) is 0 Å². The standard InChI is InChI=1S/C16H12O6.C5H5N/c17-14(18)11-3-1-9(2-4-11)5-10-6-12(15(19)20)8-13(7-10)16(21)22;1-2-4-6-5-3-1/h1-4,6-8H,5H2,(H,17,18)(H,19,20)(H,21,22);1-5H. The van der Waals surface area contributed by atoms with Gasteiger partial charge in [0.1, 0.15) is 0 Å². The molecule has 0 atom stereocenters. The summed E-state index contributed by atoms with van der Waals surface area (Å²) in [5, 5.41) is 26.9. The van der Waals surface area contributed by atoms with E-state index in [2.05, 4.69) is 4.98 Å². The molecule has 0 aliphatic carbocycles. The van der Waals surface area contributed by atoms with E-state index < -0.39 is 17.9 Å². The van der Waals surface area contributed by atoms with Crippen molar-refractivity contribution in [2.24, 2.45) is 0 Å². The van der Waals surface area contributed by atoms with E-state index in [1.54, 1.807) is 24.5 Å². The molecule has 0 spiro atoms. The molecule has 142 valence electrons. The van der Waals surface area contributed by atoms with E-state index in [1.807, 2.05) is 18.2 Å². The predicted octanol–water partition coefficient (Wildman–Crippen LogP) is 3.45. The Labute approximate surface area is 160 Å². The van der Waals surface area contributed by atoms with Crippen LogP contribution in [0.1, 0.15) is 42.2 Å². The van der Waals surface area contributed by atoms with Crippen LogP contribution in [0.15, 0.2) is 73.1 Å². The van der Waals surface area contributed by atoms with E-state index in [1.165, 1.54) is 24.3 Å². The molecule has 0 aliphatic heterocycles. The number of aromatic carboxylic acids is 3. The fraction of sp³-hybridized carbons (Fsp3) is 0.0476. The van der Waals surface area contributed by atoms with E-state index in [4.69, 9.17) is 15.3 Å². The molecular formula is C21H17NO6. The van der Waals surface area contributed by atoms with Crippen molar-refractivity contribution in [1.29, 1.82) is 0 Å². The van der Waals surface area contributed by atoms with Crippen molar-refractivity contribution >= 4 is 17.9 Å². The van der Waals surface area contributed by atoms with Crippen molar-refractivity contribution in [1.82, 2.24) is 4.98 Å². The molecule has 0 radical (unpaired) electrons. The van der Waals surface area contributed by atoms with Crippen molar-refractivity contribution in [2.45, 2.75) is 6.42 Å². The summed E-state index contributed by atoms with van der Waals surface area (Å²) in [5.41, 5.74) is 1.23. The topological polar surface area (TPSA) is 125 Å². The minimum atomic E-state index is -1.20. The number of aromatic nitrogens is 1. The summed E-state index contributed by atoms with van der Waals surface area (Å²) in [7, 11) is 0. The first-order valence-electron chi connectivity index (χ1n) is 8.14. The van der Waals surface area contributed by atoms with Crippen LogP contribution in [0.2, 0.25) is 0 Å². The highest BCUT2D eigenvalue weighted by Crippen LogP contribution is 2.16. The monoisotopic (exact) mass is 379 g/mol. The number of carboxylic acid groups (broad SMARTS) is 3. The SMILES string of the molecule is O=C(O)c1ccc(Cc2cc(C(=O)O)cc(C(=O)O)c2)cc1.c1ccncc1. The fourth-order valence-electron chi connectivity index (χ4n) is 2.35. The third kappa shape index (κ3) is 6.06. The van der Waals surface area contributed by atoms with Crippen molar-refractivity contribution in [3.05, 3.63) is 101 Å². The first-order valence-corrected chi connectivity index (χ1v) is 8.14. The molecule has 3 aromatic rings. The number of hydrogen-bond acceptors (Lipinski definition) is 4. The van der Waals surface area contributed by atoms with Crippen molar-refractivity contribution in [2.75, 3.05) is 0 Å². The molecule has 0 amide bonds. The zero-order chi connectivity index (χ0) is 20.5. The largest absolute Gasteiger partial charge is 0.478 e. The Morgan fingerprint density at radius 2 is 1.14 bits per heavy atom. The molecule has 0 fully saturated rings. The summed E-state index contributed by atoms with van der Waals surface area (Å²) >= 11 is 0. The first-order chi connectivity index (χ1) is 13.4. The minimum absolute atomic E-state index is 0.0999. The van der Waals surface area contributed by atoms with Crippen LogP contribution in [0.25, 0.3) is 0 Å². The molecule has 7 heteroatoms. The zero-order valence-electron chi connectivity index (χ0n) is 14.6. The van der Waals surface area contributed by atoms with E-state index in [-0.39, 0.29) is 16.7 Å². The Morgan fingerprint density at radius 3 is 1.50 bits per heavy atom. The number of carboxylic acids is 3. The molecule has 3 N–H and O–H groups in total. The third-order valence-corrected chi connectivity index (χ3v) is 3.66. The lowest BCUT2D eigenvalue weighted by atomic mass is 9.99. The number of hydrogen-bond donors (Lipinski definition) is 3. The smallest absolute Gasteiger partial charge is 0.335 e. The van der Waals surface area contributed by atoms with Gasteiger partial charge in [-0.05, 0) is 60.0 Å². The number of benzene rings is 2. The number of carbonyl (C=O) groups is 3. The lowest BCUT2D eigenvalue weighted by Crippen LogP contribution is -2.04. The summed E-state index contributed by atoms with van der Waals surface area (Å²) in [5.74, 6) is -3.44. The maximum absolute atomic E-state index is 11.0. The van der Waals surface area contributed by atoms with Crippen molar-refractivity contribution in [3.8, 4) is 0 Å². The van der Waals surface area contributed by atoms with Gasteiger partial charge < -0.3 is 15.3 Å². The lowest BCUT2D eigenvalue weighted by molar-refractivity contribution is 0.0682. The number of nitrogens with zero attached hydrogens (tertiary/aromatic N) is 1. The lowest BCUT2D eigenvalue weighted by Gasteiger charge is -2.06. The number of pyridine rings is 1. The molecule has 0 unspecified atom stereocenters. The summed E-state index contributed by atoms with van der Waals surface area (Å²) < 4.78 is 0. The van der Waals surface area contributed by atoms with Crippen LogP contribution in [-0.2, 0) is 6.42 Å². The Balaban J connectivity index is 0.000000397.